The molecule has 0 radical (unpaired) electrons. The minimum Gasteiger partial charge on any atom is -0.488 e. The Morgan fingerprint density at radius 2 is 1.77 bits per heavy atom. The van der Waals surface area contributed by atoms with E-state index in [1.54, 1.807) is 18.3 Å². The molecule has 0 saturated carbocycles. The van der Waals surface area contributed by atoms with Gasteiger partial charge in [0.25, 0.3) is 5.69 Å². The van der Waals surface area contributed by atoms with E-state index < -0.39 is 11.0 Å². The summed E-state index contributed by atoms with van der Waals surface area (Å²) in [7, 11) is 0. The average Bonchev–Trinajstić information content (AvgIpc) is 2.87. The number of aryl methyl sites for hydroxylation is 1. The number of β-amino-alcohol motifs (C(OH)–C–C–N with tert-alkyl or cyclic N) is 1. The zero-order valence-electron chi connectivity index (χ0n) is 23.7. The molecular formula is C30H40N4O5. The van der Waals surface area contributed by atoms with Crippen molar-refractivity contribution in [2.24, 2.45) is 5.41 Å². The summed E-state index contributed by atoms with van der Waals surface area (Å²) in [5.74, 6) is 1.65. The first-order chi connectivity index (χ1) is 18.3. The Hall–Kier alpha value is -3.69. The Kier molecular flexibility index (Phi) is 9.88. The quantitative estimate of drug-likeness (QED) is 0.183. The lowest BCUT2D eigenvalue weighted by Crippen LogP contribution is -2.46. The summed E-state index contributed by atoms with van der Waals surface area (Å²) in [6, 6.07) is 16.4. The molecule has 0 saturated heterocycles. The number of para-hydroxylation sites is 1. The Labute approximate surface area is 230 Å². The Morgan fingerprint density at radius 3 is 2.41 bits per heavy atom. The molecule has 3 N–H and O–H groups in total. The number of aromatic nitrogens is 1. The Balaban J connectivity index is 1.53. The molecule has 0 amide bonds. The van der Waals surface area contributed by atoms with Crippen molar-refractivity contribution in [2.45, 2.75) is 59.6 Å². The van der Waals surface area contributed by atoms with E-state index in [2.05, 4.69) is 29.5 Å². The van der Waals surface area contributed by atoms with Gasteiger partial charge in [-0.15, -0.1) is 0 Å². The van der Waals surface area contributed by atoms with Crippen LogP contribution in [0.25, 0.3) is 0 Å². The highest BCUT2D eigenvalue weighted by Gasteiger charge is 2.23. The molecule has 0 spiro atoms. The summed E-state index contributed by atoms with van der Waals surface area (Å²) in [6.45, 7) is 13.0. The van der Waals surface area contributed by atoms with Crippen LogP contribution in [-0.4, -0.2) is 46.4 Å². The molecular weight excluding hydrogens is 496 g/mol. The van der Waals surface area contributed by atoms with Gasteiger partial charge in [-0.05, 0) is 62.4 Å². The van der Waals surface area contributed by atoms with Crippen LogP contribution in [0.2, 0.25) is 0 Å². The molecule has 0 aliphatic heterocycles. The van der Waals surface area contributed by atoms with Crippen molar-refractivity contribution in [1.29, 1.82) is 0 Å². The Bertz CT molecular complexity index is 1240. The van der Waals surface area contributed by atoms with Gasteiger partial charge in [0.2, 0.25) is 5.88 Å². The molecule has 0 bridgehead atoms. The first-order valence-electron chi connectivity index (χ1n) is 13.1. The van der Waals surface area contributed by atoms with Crippen molar-refractivity contribution in [1.82, 2.24) is 10.3 Å². The van der Waals surface area contributed by atoms with Crippen molar-refractivity contribution in [3.8, 4) is 17.4 Å². The number of hydrogen-bond acceptors (Lipinski definition) is 8. The predicted octanol–water partition coefficient (Wildman–Crippen LogP) is 5.90. The zero-order chi connectivity index (χ0) is 28.6. The van der Waals surface area contributed by atoms with Crippen LogP contribution < -0.4 is 20.1 Å². The first kappa shape index (κ1) is 29.9. The van der Waals surface area contributed by atoms with Crippen molar-refractivity contribution in [2.75, 3.05) is 25.0 Å². The van der Waals surface area contributed by atoms with E-state index >= 15 is 0 Å². The van der Waals surface area contributed by atoms with Gasteiger partial charge in [0.1, 0.15) is 24.2 Å². The third kappa shape index (κ3) is 9.53. The fourth-order valence-corrected chi connectivity index (χ4v) is 3.90. The van der Waals surface area contributed by atoms with Crippen molar-refractivity contribution >= 4 is 11.4 Å². The van der Waals surface area contributed by atoms with Crippen molar-refractivity contribution in [3.05, 3.63) is 82.0 Å². The second kappa shape index (κ2) is 12.9. The van der Waals surface area contributed by atoms with Gasteiger partial charge in [0, 0.05) is 36.5 Å². The Morgan fingerprint density at radius 1 is 1.05 bits per heavy atom. The van der Waals surface area contributed by atoms with Gasteiger partial charge in [-0.3, -0.25) is 10.1 Å². The smallest absolute Gasteiger partial charge is 0.296 e. The monoisotopic (exact) mass is 536 g/mol. The second-order valence-corrected chi connectivity index (χ2v) is 11.6. The molecule has 0 aliphatic rings. The molecule has 2 aromatic carbocycles. The number of nitrogens with zero attached hydrogens (tertiary/aromatic N) is 2. The van der Waals surface area contributed by atoms with Gasteiger partial charge in [-0.2, -0.15) is 0 Å². The minimum atomic E-state index is -0.809. The fourth-order valence-electron chi connectivity index (χ4n) is 3.90. The first-order valence-corrected chi connectivity index (χ1v) is 13.1. The average molecular weight is 537 g/mol. The molecule has 1 heterocycles. The van der Waals surface area contributed by atoms with Gasteiger partial charge in [-0.1, -0.05) is 45.0 Å². The van der Waals surface area contributed by atoms with Crippen LogP contribution in [-0.2, 0) is 6.42 Å². The third-order valence-electron chi connectivity index (χ3n) is 5.99. The molecule has 0 fully saturated rings. The molecule has 210 valence electrons. The van der Waals surface area contributed by atoms with Crippen LogP contribution in [0.5, 0.6) is 17.4 Å². The molecule has 9 nitrogen and oxygen atoms in total. The minimum absolute atomic E-state index is 0.00653. The number of benzene rings is 2. The summed E-state index contributed by atoms with van der Waals surface area (Å²) < 4.78 is 11.7. The number of anilines is 1. The van der Waals surface area contributed by atoms with E-state index in [1.165, 1.54) is 6.07 Å². The van der Waals surface area contributed by atoms with E-state index in [9.17, 15) is 15.2 Å². The zero-order valence-corrected chi connectivity index (χ0v) is 23.7. The summed E-state index contributed by atoms with van der Waals surface area (Å²) in [6.07, 6.45) is 1.63. The lowest BCUT2D eigenvalue weighted by Gasteiger charge is -2.28. The van der Waals surface area contributed by atoms with Gasteiger partial charge >= 0.3 is 0 Å². The van der Waals surface area contributed by atoms with E-state index in [0.29, 0.717) is 30.4 Å². The molecule has 3 aromatic rings. The number of nitro groups is 1. The summed E-state index contributed by atoms with van der Waals surface area (Å²) in [5.41, 5.74) is 1.97. The van der Waals surface area contributed by atoms with Gasteiger partial charge in [-0.25, -0.2) is 4.98 Å². The van der Waals surface area contributed by atoms with E-state index in [1.807, 2.05) is 64.1 Å². The number of pyridine rings is 1. The molecule has 1 aromatic heterocycles. The highest BCUT2D eigenvalue weighted by Crippen LogP contribution is 2.35. The third-order valence-corrected chi connectivity index (χ3v) is 5.99. The van der Waals surface area contributed by atoms with Gasteiger partial charge < -0.3 is 25.2 Å². The number of aliphatic hydroxyl groups is 1. The standard InChI is InChI=1S/C30H40N4O5/c1-21-9-8-16-31-28(21)39-24-14-12-22(13-15-24)17-30(5,6)33-18-23(35)19-38-26-11-7-10-25(34(36)37)27(26)32-20-29(2,3)4/h7-16,23,32-33,35H,17-20H2,1-6H3/t23-/m0/s1. The number of rotatable bonds is 13. The predicted molar refractivity (Wildman–Crippen MR) is 154 cm³/mol. The van der Waals surface area contributed by atoms with Gasteiger partial charge in [0.15, 0.2) is 5.69 Å². The molecule has 39 heavy (non-hydrogen) atoms. The molecule has 0 unspecified atom stereocenters. The SMILES string of the molecule is Cc1cccnc1Oc1ccc(CC(C)(C)NC[C@H](O)COc2cccc([N+](=O)[O-])c2NCC(C)(C)C)cc1. The normalized spacial score (nSPS) is 12.6. The topological polar surface area (TPSA) is 119 Å². The number of nitro benzene ring substituents is 1. The number of nitrogens with one attached hydrogen (secondary N) is 2. The maximum atomic E-state index is 11.6. The molecule has 9 heteroatoms. The lowest BCUT2D eigenvalue weighted by atomic mass is 9.94. The summed E-state index contributed by atoms with van der Waals surface area (Å²) >= 11 is 0. The molecule has 1 atom stereocenters. The van der Waals surface area contributed by atoms with Crippen LogP contribution in [0.15, 0.2) is 60.8 Å². The highest BCUT2D eigenvalue weighted by molar-refractivity contribution is 5.70. The van der Waals surface area contributed by atoms with Crippen molar-refractivity contribution < 1.29 is 19.5 Å². The summed E-state index contributed by atoms with van der Waals surface area (Å²) in [4.78, 5) is 15.4. The molecule has 3 rings (SSSR count). The highest BCUT2D eigenvalue weighted by atomic mass is 16.6. The lowest BCUT2D eigenvalue weighted by molar-refractivity contribution is -0.384. The van der Waals surface area contributed by atoms with Crippen LogP contribution in [0, 0.1) is 22.5 Å². The van der Waals surface area contributed by atoms with Crippen LogP contribution in [0.3, 0.4) is 0 Å². The second-order valence-electron chi connectivity index (χ2n) is 11.6. The maximum Gasteiger partial charge on any atom is 0.296 e. The van der Waals surface area contributed by atoms with E-state index in [0.717, 1.165) is 23.3 Å². The number of ether oxygens (including phenoxy) is 2. The summed E-state index contributed by atoms with van der Waals surface area (Å²) in [5, 5.41) is 28.7. The van der Waals surface area contributed by atoms with Gasteiger partial charge in [0.05, 0.1) is 4.92 Å². The largest absolute Gasteiger partial charge is 0.488 e. The van der Waals surface area contributed by atoms with Crippen LogP contribution in [0.1, 0.15) is 45.7 Å². The molecule has 0 aliphatic carbocycles. The fraction of sp³-hybridized carbons (Fsp3) is 0.433. The van der Waals surface area contributed by atoms with Crippen LogP contribution >= 0.6 is 0 Å². The van der Waals surface area contributed by atoms with Crippen LogP contribution in [0.4, 0.5) is 11.4 Å². The van der Waals surface area contributed by atoms with Crippen molar-refractivity contribution in [3.63, 3.8) is 0 Å². The maximum absolute atomic E-state index is 11.6. The number of hydrogen-bond donors (Lipinski definition) is 3. The van der Waals surface area contributed by atoms with E-state index in [-0.39, 0.29) is 23.2 Å². The van der Waals surface area contributed by atoms with E-state index in [4.69, 9.17) is 9.47 Å². The number of aliphatic hydroxyl groups excluding tert-OH is 1.